The highest BCUT2D eigenvalue weighted by Crippen LogP contribution is 2.53. The molecule has 0 aliphatic carbocycles. The Morgan fingerprint density at radius 2 is 1.00 bits per heavy atom. The lowest BCUT2D eigenvalue weighted by Crippen LogP contribution is -1.84. The van der Waals surface area contributed by atoms with Gasteiger partial charge in [0.05, 0.1) is 0 Å². The van der Waals surface area contributed by atoms with Gasteiger partial charge in [-0.15, -0.1) is 0 Å². The van der Waals surface area contributed by atoms with Gasteiger partial charge >= 0.3 is 15.6 Å². The summed E-state index contributed by atoms with van der Waals surface area (Å²) >= 11 is 0. The lowest BCUT2D eigenvalue weighted by atomic mass is 14.0. The fourth-order valence-electron chi connectivity index (χ4n) is 0.139. The average Bonchev–Trinajstić information content (AvgIpc) is 1.14. The first-order valence-electron chi connectivity index (χ1n) is 1.53. The maximum atomic E-state index is 9.63. The van der Waals surface area contributed by atoms with Crippen molar-refractivity contribution in [2.75, 3.05) is 0 Å². The molecule has 9 nitrogen and oxygen atoms in total. The molecule has 0 unspecified atom stereocenters. The van der Waals surface area contributed by atoms with Gasteiger partial charge in [0, 0.05) is 0 Å². The minimum atomic E-state index is -5.05. The normalized spacial score (nSPS) is 10.3. The summed E-state index contributed by atoms with van der Waals surface area (Å²) in [6.07, 6.45) is 0. The van der Waals surface area contributed by atoms with Crippen molar-refractivity contribution >= 4 is 33.0 Å². The van der Waals surface area contributed by atoms with E-state index < -0.39 is 15.6 Å². The van der Waals surface area contributed by atoms with Crippen LogP contribution in [0.4, 0.5) is 0 Å². The molecule has 0 radical (unpaired) electrons. The molecular formula is H13AlN2O7P2. The van der Waals surface area contributed by atoms with Crippen LogP contribution in [0.3, 0.4) is 0 Å². The molecular weight excluding hydrogens is 229 g/mol. The molecule has 12 heavy (non-hydrogen) atoms. The van der Waals surface area contributed by atoms with E-state index in [0.29, 0.717) is 0 Å². The zero-order valence-corrected chi connectivity index (χ0v) is 7.11. The standard InChI is InChI=1S/Al.2H3N.H4O7P2.3H/c;;;1-8(2,3)7-9(4,5)6;;;/h;2*1H3;(H2,1,2,3)(H2,4,5,6);;;. The molecule has 12 heteroatoms. The molecule has 0 heterocycles. The lowest BCUT2D eigenvalue weighted by Gasteiger charge is -2.03. The van der Waals surface area contributed by atoms with Crippen molar-refractivity contribution < 1.29 is 33.0 Å². The molecule has 0 saturated carbocycles. The van der Waals surface area contributed by atoms with Gasteiger partial charge in [0.2, 0.25) is 0 Å². The lowest BCUT2D eigenvalue weighted by molar-refractivity contribution is 0.225. The molecule has 0 rings (SSSR count). The third kappa shape index (κ3) is 22.4. The molecule has 0 aliphatic rings. The largest absolute Gasteiger partial charge is 0.478 e. The molecule has 0 aromatic carbocycles. The van der Waals surface area contributed by atoms with E-state index in [-0.39, 0.29) is 29.7 Å². The number of rotatable bonds is 2. The summed E-state index contributed by atoms with van der Waals surface area (Å²) in [6, 6.07) is 0. The molecule has 0 bridgehead atoms. The Hall–Kier alpha value is 0.712. The van der Waals surface area contributed by atoms with Crippen molar-refractivity contribution in [2.24, 2.45) is 0 Å². The predicted octanol–water partition coefficient (Wildman–Crippen LogP) is -1.67. The van der Waals surface area contributed by atoms with Crippen LogP contribution < -0.4 is 12.3 Å². The van der Waals surface area contributed by atoms with E-state index in [1.54, 1.807) is 0 Å². The second-order valence-corrected chi connectivity index (χ2v) is 3.68. The van der Waals surface area contributed by atoms with Crippen molar-refractivity contribution in [1.82, 2.24) is 12.3 Å². The van der Waals surface area contributed by atoms with Crippen molar-refractivity contribution in [3.05, 3.63) is 0 Å². The van der Waals surface area contributed by atoms with Crippen molar-refractivity contribution in [2.45, 2.75) is 0 Å². The third-order valence-corrected chi connectivity index (χ3v) is 1.91. The second-order valence-electron chi connectivity index (χ2n) is 1.06. The maximum Gasteiger partial charge on any atom is 0.478 e. The van der Waals surface area contributed by atoms with Crippen LogP contribution in [0.25, 0.3) is 0 Å². The average molecular weight is 242 g/mol. The quantitative estimate of drug-likeness (QED) is 0.242. The van der Waals surface area contributed by atoms with Crippen LogP contribution in [0, 0.1) is 0 Å². The van der Waals surface area contributed by atoms with Gasteiger partial charge < -0.3 is 31.9 Å². The van der Waals surface area contributed by atoms with E-state index in [9.17, 15) is 9.13 Å². The summed E-state index contributed by atoms with van der Waals surface area (Å²) in [6.45, 7) is 0. The van der Waals surface area contributed by atoms with E-state index >= 15 is 0 Å². The summed E-state index contributed by atoms with van der Waals surface area (Å²) in [5.74, 6) is 0. The molecule has 0 spiro atoms. The summed E-state index contributed by atoms with van der Waals surface area (Å²) in [4.78, 5) is 31.0. The van der Waals surface area contributed by atoms with Gasteiger partial charge in [0.15, 0.2) is 17.4 Å². The molecule has 0 atom stereocenters. The molecule has 0 aromatic heterocycles. The zero-order valence-electron chi connectivity index (χ0n) is 5.32. The molecule has 0 aliphatic heterocycles. The van der Waals surface area contributed by atoms with Crippen LogP contribution in [0.1, 0.15) is 0 Å². The first kappa shape index (κ1) is 23.0. The van der Waals surface area contributed by atoms with Gasteiger partial charge in [0.25, 0.3) is 0 Å². The minimum Gasteiger partial charge on any atom is -0.344 e. The zero-order chi connectivity index (χ0) is 7.71. The van der Waals surface area contributed by atoms with Crippen LogP contribution in [0.2, 0.25) is 0 Å². The summed E-state index contributed by atoms with van der Waals surface area (Å²) in [5.41, 5.74) is 0. The van der Waals surface area contributed by atoms with Gasteiger partial charge in [-0.2, -0.15) is 4.31 Å². The van der Waals surface area contributed by atoms with E-state index in [4.69, 9.17) is 19.6 Å². The van der Waals surface area contributed by atoms with Crippen LogP contribution in [-0.2, 0) is 13.4 Å². The summed E-state index contributed by atoms with van der Waals surface area (Å²) in [7, 11) is -10.1. The van der Waals surface area contributed by atoms with E-state index in [0.717, 1.165) is 0 Å². The third-order valence-electron chi connectivity index (χ3n) is 0.213. The summed E-state index contributed by atoms with van der Waals surface area (Å²) < 4.78 is 22.2. The number of hydrogen-bond donors (Lipinski definition) is 6. The fourth-order valence-corrected chi connectivity index (χ4v) is 1.25. The highest BCUT2D eigenvalue weighted by atomic mass is 31.3. The van der Waals surface area contributed by atoms with Gasteiger partial charge in [0.1, 0.15) is 0 Å². The summed E-state index contributed by atoms with van der Waals surface area (Å²) in [5, 5.41) is 0. The molecule has 0 aromatic rings. The highest BCUT2D eigenvalue weighted by Gasteiger charge is 2.27. The van der Waals surface area contributed by atoms with Crippen molar-refractivity contribution in [1.29, 1.82) is 0 Å². The molecule has 78 valence electrons. The minimum absolute atomic E-state index is 0. The molecule has 10 N–H and O–H groups in total. The van der Waals surface area contributed by atoms with Gasteiger partial charge in [-0.1, -0.05) is 0 Å². The van der Waals surface area contributed by atoms with E-state index in [1.165, 1.54) is 0 Å². The Morgan fingerprint density at radius 3 is 1.00 bits per heavy atom. The van der Waals surface area contributed by atoms with Crippen LogP contribution in [0.15, 0.2) is 0 Å². The molecule has 0 amide bonds. The van der Waals surface area contributed by atoms with E-state index in [2.05, 4.69) is 4.31 Å². The Bertz CT molecular complexity index is 160. The topological polar surface area (TPSA) is 194 Å². The SMILES string of the molecule is N.N.O=P(O)(O)OP(=O)(O)O.[AlH3]. The number of phosphoric acid groups is 2. The predicted molar refractivity (Wildman–Crippen MR) is 45.2 cm³/mol. The molecule has 0 saturated heterocycles. The van der Waals surface area contributed by atoms with Gasteiger partial charge in [-0.3, -0.25) is 0 Å². The van der Waals surface area contributed by atoms with Crippen LogP contribution >= 0.6 is 15.6 Å². The van der Waals surface area contributed by atoms with E-state index in [1.807, 2.05) is 0 Å². The molecule has 0 fully saturated rings. The van der Waals surface area contributed by atoms with Crippen LogP contribution in [-0.4, -0.2) is 36.9 Å². The smallest absolute Gasteiger partial charge is 0.344 e. The second kappa shape index (κ2) is 7.15. The van der Waals surface area contributed by atoms with Crippen LogP contribution in [0.5, 0.6) is 0 Å². The van der Waals surface area contributed by atoms with Crippen molar-refractivity contribution in [3.8, 4) is 0 Å². The highest BCUT2D eigenvalue weighted by molar-refractivity contribution is 7.60. The Labute approximate surface area is 78.9 Å². The first-order chi connectivity index (χ1) is 3.71. The fraction of sp³-hybridized carbons (Fsp3) is 0. The monoisotopic (exact) mass is 242 g/mol. The Morgan fingerprint density at radius 1 is 0.833 bits per heavy atom. The van der Waals surface area contributed by atoms with Crippen molar-refractivity contribution in [3.63, 3.8) is 0 Å². The Kier molecular flexibility index (Phi) is 13.7. The number of hydrogen-bond acceptors (Lipinski definition) is 5. The first-order valence-corrected chi connectivity index (χ1v) is 4.59. The Balaban J connectivity index is -0.000000107. The van der Waals surface area contributed by atoms with Gasteiger partial charge in [-0.05, 0) is 0 Å². The maximum absolute atomic E-state index is 9.63. The van der Waals surface area contributed by atoms with Gasteiger partial charge in [-0.25, -0.2) is 9.13 Å².